The number of ether oxygens (including phenoxy) is 1. The summed E-state index contributed by atoms with van der Waals surface area (Å²) >= 11 is 19.7. The molecule has 4 aromatic rings. The molecule has 3 N–H and O–H groups in total. The lowest BCUT2D eigenvalue weighted by Crippen LogP contribution is -2.19. The standard InChI is InChI=1S/C21H16Cl3N7O3S/c1-34-15-5-13(23)4-14(20(32)29-16-3-2-12(22)7-25-16)18(15)30-21(33)19-17(24)11(8-35-19)6-28-31-9-26-27-10-31/h2-5,7-10,28H,6H2,1H3,(H,30,33)(H,25,29,32). The van der Waals surface area contributed by atoms with Crippen molar-refractivity contribution in [2.75, 3.05) is 23.2 Å². The molecule has 0 aliphatic carbocycles. The summed E-state index contributed by atoms with van der Waals surface area (Å²) in [4.78, 5) is 30.5. The third kappa shape index (κ3) is 5.82. The van der Waals surface area contributed by atoms with Crippen LogP contribution in [-0.4, -0.2) is 38.8 Å². The van der Waals surface area contributed by atoms with Crippen LogP contribution in [-0.2, 0) is 6.54 Å². The first-order valence-corrected chi connectivity index (χ1v) is 11.8. The maximum absolute atomic E-state index is 13.1. The van der Waals surface area contributed by atoms with E-state index < -0.39 is 11.8 Å². The molecule has 4 rings (SSSR count). The number of carbonyl (C=O) groups is 2. The number of thiophene rings is 1. The molecule has 0 aliphatic rings. The van der Waals surface area contributed by atoms with Gasteiger partial charge in [-0.3, -0.25) is 9.59 Å². The zero-order chi connectivity index (χ0) is 24.9. The molecule has 0 radical (unpaired) electrons. The summed E-state index contributed by atoms with van der Waals surface area (Å²) in [6.45, 7) is 0.340. The number of nitrogens with one attached hydrogen (secondary N) is 3. The maximum Gasteiger partial charge on any atom is 0.267 e. The van der Waals surface area contributed by atoms with Crippen LogP contribution in [0.15, 0.2) is 48.5 Å². The highest BCUT2D eigenvalue weighted by atomic mass is 35.5. The fourth-order valence-corrected chi connectivity index (χ4v) is 4.54. The number of aromatic nitrogens is 4. The second-order valence-electron chi connectivity index (χ2n) is 6.91. The van der Waals surface area contributed by atoms with Gasteiger partial charge in [-0.05, 0) is 23.6 Å². The average Bonchev–Trinajstić information content (AvgIpc) is 3.49. The summed E-state index contributed by atoms with van der Waals surface area (Å²) in [5.41, 5.74) is 3.94. The minimum atomic E-state index is -0.563. The van der Waals surface area contributed by atoms with Crippen LogP contribution in [0.3, 0.4) is 0 Å². The van der Waals surface area contributed by atoms with Crippen molar-refractivity contribution in [2.24, 2.45) is 0 Å². The second-order valence-corrected chi connectivity index (χ2v) is 9.04. The lowest BCUT2D eigenvalue weighted by Gasteiger charge is -2.15. The van der Waals surface area contributed by atoms with E-state index in [1.165, 1.54) is 38.1 Å². The van der Waals surface area contributed by atoms with E-state index in [1.807, 2.05) is 0 Å². The zero-order valence-electron chi connectivity index (χ0n) is 17.9. The predicted octanol–water partition coefficient (Wildman–Crippen LogP) is 4.95. The van der Waals surface area contributed by atoms with Crippen molar-refractivity contribution in [3.05, 3.63) is 79.6 Å². The third-order valence-corrected chi connectivity index (χ3v) is 6.63. The van der Waals surface area contributed by atoms with Gasteiger partial charge in [0.25, 0.3) is 11.8 Å². The molecule has 0 fully saturated rings. The van der Waals surface area contributed by atoms with E-state index in [0.29, 0.717) is 17.1 Å². The molecule has 1 aromatic carbocycles. The number of anilines is 2. The Hall–Kier alpha value is -3.38. The first-order chi connectivity index (χ1) is 16.9. The summed E-state index contributed by atoms with van der Waals surface area (Å²) in [7, 11) is 1.40. The van der Waals surface area contributed by atoms with Gasteiger partial charge >= 0.3 is 0 Å². The van der Waals surface area contributed by atoms with Gasteiger partial charge < -0.3 is 20.8 Å². The van der Waals surface area contributed by atoms with Crippen molar-refractivity contribution in [3.63, 3.8) is 0 Å². The largest absolute Gasteiger partial charge is 0.494 e. The van der Waals surface area contributed by atoms with E-state index in [2.05, 4.69) is 31.2 Å². The number of nitrogens with zero attached hydrogens (tertiary/aromatic N) is 4. The molecule has 0 bridgehead atoms. The van der Waals surface area contributed by atoms with Gasteiger partial charge in [-0.1, -0.05) is 34.8 Å². The molecular formula is C21H16Cl3N7O3S. The number of pyridine rings is 1. The van der Waals surface area contributed by atoms with E-state index >= 15 is 0 Å². The molecule has 35 heavy (non-hydrogen) atoms. The van der Waals surface area contributed by atoms with Crippen LogP contribution in [0.1, 0.15) is 25.6 Å². The van der Waals surface area contributed by atoms with E-state index in [-0.39, 0.29) is 37.7 Å². The Labute approximate surface area is 218 Å². The topological polar surface area (TPSA) is 123 Å². The second kappa shape index (κ2) is 10.9. The number of rotatable bonds is 8. The maximum atomic E-state index is 13.1. The molecule has 0 saturated carbocycles. The van der Waals surface area contributed by atoms with Gasteiger partial charge in [0.05, 0.1) is 35.0 Å². The molecule has 0 aliphatic heterocycles. The number of carbonyl (C=O) groups excluding carboxylic acids is 2. The summed E-state index contributed by atoms with van der Waals surface area (Å²) in [5.74, 6) is -0.619. The molecule has 10 nitrogen and oxygen atoms in total. The first kappa shape index (κ1) is 24.7. The number of hydrogen-bond acceptors (Lipinski definition) is 8. The van der Waals surface area contributed by atoms with E-state index in [9.17, 15) is 9.59 Å². The van der Waals surface area contributed by atoms with E-state index in [4.69, 9.17) is 39.5 Å². The fourth-order valence-electron chi connectivity index (χ4n) is 2.97. The summed E-state index contributed by atoms with van der Waals surface area (Å²) in [6.07, 6.45) is 4.38. The minimum absolute atomic E-state index is 0.0710. The average molecular weight is 553 g/mol. The van der Waals surface area contributed by atoms with Crippen molar-refractivity contribution < 1.29 is 14.3 Å². The predicted molar refractivity (Wildman–Crippen MR) is 136 cm³/mol. The van der Waals surface area contributed by atoms with Crippen LogP contribution in [0, 0.1) is 0 Å². The number of benzene rings is 1. The number of halogens is 3. The Balaban J connectivity index is 1.58. The van der Waals surface area contributed by atoms with Gasteiger partial charge in [-0.2, -0.15) is 0 Å². The first-order valence-electron chi connectivity index (χ1n) is 9.82. The van der Waals surface area contributed by atoms with Crippen molar-refractivity contribution in [2.45, 2.75) is 6.54 Å². The normalized spacial score (nSPS) is 10.6. The minimum Gasteiger partial charge on any atom is -0.494 e. The van der Waals surface area contributed by atoms with Gasteiger partial charge in [0.2, 0.25) is 0 Å². The zero-order valence-corrected chi connectivity index (χ0v) is 21.0. The molecule has 0 spiro atoms. The molecule has 0 atom stereocenters. The van der Waals surface area contributed by atoms with Crippen LogP contribution in [0.25, 0.3) is 0 Å². The molecule has 180 valence electrons. The van der Waals surface area contributed by atoms with E-state index in [0.717, 1.165) is 11.3 Å². The lowest BCUT2D eigenvalue weighted by atomic mass is 10.1. The third-order valence-electron chi connectivity index (χ3n) is 4.62. The van der Waals surface area contributed by atoms with Crippen LogP contribution in [0.2, 0.25) is 15.1 Å². The van der Waals surface area contributed by atoms with Crippen LogP contribution in [0.4, 0.5) is 11.5 Å². The molecule has 0 saturated heterocycles. The van der Waals surface area contributed by atoms with Gasteiger partial charge in [0.1, 0.15) is 29.1 Å². The quantitative estimate of drug-likeness (QED) is 0.282. The SMILES string of the molecule is COc1cc(Cl)cc(C(=O)Nc2ccc(Cl)cn2)c1NC(=O)c1scc(CNn2cnnc2)c1Cl. The summed E-state index contributed by atoms with van der Waals surface area (Å²) in [5, 5.41) is 15.5. The Morgan fingerprint density at radius 2 is 1.83 bits per heavy atom. The molecule has 0 unspecified atom stereocenters. The van der Waals surface area contributed by atoms with Gasteiger partial charge in [0.15, 0.2) is 0 Å². The highest BCUT2D eigenvalue weighted by Gasteiger charge is 2.23. The number of amides is 2. The Morgan fingerprint density at radius 3 is 2.51 bits per heavy atom. The smallest absolute Gasteiger partial charge is 0.267 e. The summed E-state index contributed by atoms with van der Waals surface area (Å²) in [6, 6.07) is 6.02. The van der Waals surface area contributed by atoms with Crippen LogP contribution < -0.4 is 20.8 Å². The van der Waals surface area contributed by atoms with Gasteiger partial charge in [-0.25, -0.2) is 9.66 Å². The lowest BCUT2D eigenvalue weighted by molar-refractivity contribution is 0.102. The van der Waals surface area contributed by atoms with Gasteiger partial charge in [-0.15, -0.1) is 21.5 Å². The van der Waals surface area contributed by atoms with Crippen molar-refractivity contribution in [1.82, 2.24) is 19.9 Å². The Kier molecular flexibility index (Phi) is 7.71. The Morgan fingerprint density at radius 1 is 1.06 bits per heavy atom. The molecular weight excluding hydrogens is 537 g/mol. The Bertz CT molecular complexity index is 1360. The highest BCUT2D eigenvalue weighted by Crippen LogP contribution is 2.35. The molecule has 2 amide bonds. The number of hydrogen-bond donors (Lipinski definition) is 3. The molecule has 3 aromatic heterocycles. The van der Waals surface area contributed by atoms with Crippen molar-refractivity contribution >= 4 is 69.5 Å². The van der Waals surface area contributed by atoms with Crippen molar-refractivity contribution in [3.8, 4) is 5.75 Å². The highest BCUT2D eigenvalue weighted by molar-refractivity contribution is 7.13. The molecule has 3 heterocycles. The number of methoxy groups -OCH3 is 1. The monoisotopic (exact) mass is 551 g/mol. The van der Waals surface area contributed by atoms with Crippen LogP contribution >= 0.6 is 46.1 Å². The van der Waals surface area contributed by atoms with Gasteiger partial charge in [0, 0.05) is 22.8 Å². The van der Waals surface area contributed by atoms with Crippen molar-refractivity contribution in [1.29, 1.82) is 0 Å². The fraction of sp³-hybridized carbons (Fsp3) is 0.0952. The molecule has 14 heteroatoms. The summed E-state index contributed by atoms with van der Waals surface area (Å²) < 4.78 is 6.93. The van der Waals surface area contributed by atoms with Crippen LogP contribution in [0.5, 0.6) is 5.75 Å². The van der Waals surface area contributed by atoms with E-state index in [1.54, 1.807) is 22.2 Å².